The van der Waals surface area contributed by atoms with Crippen LogP contribution in [0.15, 0.2) is 24.3 Å². The van der Waals surface area contributed by atoms with E-state index < -0.39 is 0 Å². The molecule has 0 aliphatic rings. The minimum Gasteiger partial charge on any atom is -0.310 e. The van der Waals surface area contributed by atoms with Crippen LogP contribution in [0.25, 0.3) is 0 Å². The van der Waals surface area contributed by atoms with Crippen LogP contribution in [-0.4, -0.2) is 6.54 Å². The van der Waals surface area contributed by atoms with Gasteiger partial charge in [-0.1, -0.05) is 23.7 Å². The number of unbranched alkanes of at least 4 members (excludes halogenated alkanes) is 2. The first kappa shape index (κ1) is 13.1. The molecule has 1 rings (SSSR count). The molecule has 1 atom stereocenters. The van der Waals surface area contributed by atoms with Gasteiger partial charge in [-0.2, -0.15) is 0 Å². The van der Waals surface area contributed by atoms with Gasteiger partial charge in [0.2, 0.25) is 0 Å². The molecule has 0 aliphatic carbocycles. The molecule has 1 N–H and O–H groups in total. The summed E-state index contributed by atoms with van der Waals surface area (Å²) in [6.07, 6.45) is 8.27. The van der Waals surface area contributed by atoms with E-state index in [1.807, 2.05) is 18.2 Å². The number of terminal acetylenes is 1. The van der Waals surface area contributed by atoms with Gasteiger partial charge in [0.15, 0.2) is 0 Å². The normalized spacial score (nSPS) is 12.1. The third-order valence-electron chi connectivity index (χ3n) is 2.55. The predicted molar refractivity (Wildman–Crippen MR) is 70.6 cm³/mol. The highest BCUT2D eigenvalue weighted by Crippen LogP contribution is 2.17. The largest absolute Gasteiger partial charge is 0.310 e. The Balaban J connectivity index is 2.30. The van der Waals surface area contributed by atoms with Gasteiger partial charge in [-0.15, -0.1) is 12.3 Å². The summed E-state index contributed by atoms with van der Waals surface area (Å²) in [6, 6.07) is 8.30. The van der Waals surface area contributed by atoms with Crippen LogP contribution >= 0.6 is 11.6 Å². The second kappa shape index (κ2) is 7.33. The van der Waals surface area contributed by atoms with Gasteiger partial charge in [0.25, 0.3) is 0 Å². The monoisotopic (exact) mass is 235 g/mol. The molecular weight excluding hydrogens is 218 g/mol. The van der Waals surface area contributed by atoms with Gasteiger partial charge < -0.3 is 5.32 Å². The Morgan fingerprint density at radius 1 is 1.44 bits per heavy atom. The zero-order valence-corrected chi connectivity index (χ0v) is 10.4. The molecule has 2 heteroatoms. The topological polar surface area (TPSA) is 12.0 Å². The number of hydrogen-bond donors (Lipinski definition) is 1. The van der Waals surface area contributed by atoms with Crippen LogP contribution in [0.3, 0.4) is 0 Å². The van der Waals surface area contributed by atoms with Crippen LogP contribution in [-0.2, 0) is 0 Å². The van der Waals surface area contributed by atoms with Crippen molar-refractivity contribution in [3.63, 3.8) is 0 Å². The number of hydrogen-bond acceptors (Lipinski definition) is 1. The molecule has 1 aromatic carbocycles. The highest BCUT2D eigenvalue weighted by atomic mass is 35.5. The maximum Gasteiger partial charge on any atom is 0.0409 e. The number of halogens is 1. The molecule has 0 saturated carbocycles. The molecule has 0 amide bonds. The zero-order valence-electron chi connectivity index (χ0n) is 9.67. The first-order valence-corrected chi connectivity index (χ1v) is 6.04. The Labute approximate surface area is 103 Å². The van der Waals surface area contributed by atoms with E-state index in [2.05, 4.69) is 24.2 Å². The lowest BCUT2D eigenvalue weighted by Gasteiger charge is -2.14. The van der Waals surface area contributed by atoms with Gasteiger partial charge in [0, 0.05) is 17.5 Å². The molecule has 1 aromatic rings. The molecule has 1 nitrogen and oxygen atoms in total. The minimum atomic E-state index is 0.338. The van der Waals surface area contributed by atoms with Crippen LogP contribution in [0, 0.1) is 12.3 Å². The van der Waals surface area contributed by atoms with Crippen LogP contribution in [0.2, 0.25) is 5.02 Å². The average molecular weight is 236 g/mol. The number of nitrogens with one attached hydrogen (secondary N) is 1. The van der Waals surface area contributed by atoms with E-state index >= 15 is 0 Å². The van der Waals surface area contributed by atoms with Crippen molar-refractivity contribution in [1.82, 2.24) is 5.32 Å². The maximum atomic E-state index is 5.94. The smallest absolute Gasteiger partial charge is 0.0409 e. The molecule has 0 saturated heterocycles. The minimum absolute atomic E-state index is 0.338. The van der Waals surface area contributed by atoms with Crippen molar-refractivity contribution in [1.29, 1.82) is 0 Å². The first-order chi connectivity index (χ1) is 7.74. The summed E-state index contributed by atoms with van der Waals surface area (Å²) < 4.78 is 0. The van der Waals surface area contributed by atoms with E-state index in [4.69, 9.17) is 18.0 Å². The van der Waals surface area contributed by atoms with Crippen molar-refractivity contribution in [3.8, 4) is 12.3 Å². The van der Waals surface area contributed by atoms with E-state index in [-0.39, 0.29) is 0 Å². The van der Waals surface area contributed by atoms with Gasteiger partial charge in [-0.3, -0.25) is 0 Å². The lowest BCUT2D eigenvalue weighted by atomic mass is 10.1. The van der Waals surface area contributed by atoms with Crippen molar-refractivity contribution in [2.45, 2.75) is 32.2 Å². The SMILES string of the molecule is C#CCCCCNC(C)c1cccc(Cl)c1. The Bertz CT molecular complexity index is 354. The Morgan fingerprint density at radius 2 is 2.25 bits per heavy atom. The van der Waals surface area contributed by atoms with Crippen LogP contribution in [0.4, 0.5) is 0 Å². The fraction of sp³-hybridized carbons (Fsp3) is 0.429. The quantitative estimate of drug-likeness (QED) is 0.584. The van der Waals surface area contributed by atoms with Gasteiger partial charge in [0.05, 0.1) is 0 Å². The van der Waals surface area contributed by atoms with E-state index in [1.54, 1.807) is 0 Å². The Kier molecular flexibility index (Phi) is 6.00. The summed E-state index contributed by atoms with van der Waals surface area (Å²) in [5.41, 5.74) is 1.23. The molecule has 0 fully saturated rings. The lowest BCUT2D eigenvalue weighted by molar-refractivity contribution is 0.549. The van der Waals surface area contributed by atoms with Gasteiger partial charge in [-0.05, 0) is 44.0 Å². The van der Waals surface area contributed by atoms with Crippen molar-refractivity contribution in [3.05, 3.63) is 34.9 Å². The summed E-state index contributed by atoms with van der Waals surface area (Å²) in [6.45, 7) is 3.14. The van der Waals surface area contributed by atoms with Crippen LogP contribution in [0.5, 0.6) is 0 Å². The third kappa shape index (κ3) is 4.70. The number of rotatable bonds is 6. The lowest BCUT2D eigenvalue weighted by Crippen LogP contribution is -2.19. The van der Waals surface area contributed by atoms with Gasteiger partial charge in [0.1, 0.15) is 0 Å². The fourth-order valence-corrected chi connectivity index (χ4v) is 1.76. The Hall–Kier alpha value is -0.970. The third-order valence-corrected chi connectivity index (χ3v) is 2.78. The Morgan fingerprint density at radius 3 is 2.94 bits per heavy atom. The summed E-state index contributed by atoms with van der Waals surface area (Å²) in [7, 11) is 0. The summed E-state index contributed by atoms with van der Waals surface area (Å²) in [5.74, 6) is 2.65. The molecule has 0 aromatic heterocycles. The second-order valence-corrected chi connectivity index (χ2v) is 4.33. The van der Waals surface area contributed by atoms with Crippen molar-refractivity contribution < 1.29 is 0 Å². The molecular formula is C14H18ClN. The molecule has 0 heterocycles. The highest BCUT2D eigenvalue weighted by Gasteiger charge is 2.03. The van der Waals surface area contributed by atoms with Gasteiger partial charge >= 0.3 is 0 Å². The number of benzene rings is 1. The van der Waals surface area contributed by atoms with Crippen LogP contribution in [0.1, 0.15) is 37.8 Å². The molecule has 0 bridgehead atoms. The zero-order chi connectivity index (χ0) is 11.8. The molecule has 0 spiro atoms. The summed E-state index contributed by atoms with van der Waals surface area (Å²) in [4.78, 5) is 0. The summed E-state index contributed by atoms with van der Waals surface area (Å²) >= 11 is 5.94. The average Bonchev–Trinajstić information content (AvgIpc) is 2.28. The van der Waals surface area contributed by atoms with Crippen LogP contribution < -0.4 is 5.32 Å². The maximum absolute atomic E-state index is 5.94. The highest BCUT2D eigenvalue weighted by molar-refractivity contribution is 6.30. The first-order valence-electron chi connectivity index (χ1n) is 5.66. The second-order valence-electron chi connectivity index (χ2n) is 3.89. The predicted octanol–water partition coefficient (Wildman–Crippen LogP) is 3.79. The van der Waals surface area contributed by atoms with E-state index in [0.29, 0.717) is 6.04 Å². The summed E-state index contributed by atoms with van der Waals surface area (Å²) in [5, 5.41) is 4.25. The molecule has 1 unspecified atom stereocenters. The molecule has 0 aliphatic heterocycles. The van der Waals surface area contributed by atoms with E-state index in [1.165, 1.54) is 5.56 Å². The molecule has 0 radical (unpaired) electrons. The molecule has 86 valence electrons. The fourth-order valence-electron chi connectivity index (χ4n) is 1.56. The molecule has 16 heavy (non-hydrogen) atoms. The van der Waals surface area contributed by atoms with E-state index in [9.17, 15) is 0 Å². The van der Waals surface area contributed by atoms with E-state index in [0.717, 1.165) is 30.8 Å². The standard InChI is InChI=1S/C14H18ClN/c1-3-4-5-6-10-16-12(2)13-8-7-9-14(15)11-13/h1,7-9,11-12,16H,4-6,10H2,2H3. The van der Waals surface area contributed by atoms with Crippen molar-refractivity contribution in [2.75, 3.05) is 6.54 Å². The van der Waals surface area contributed by atoms with Gasteiger partial charge in [-0.25, -0.2) is 0 Å². The van der Waals surface area contributed by atoms with Crippen molar-refractivity contribution in [2.24, 2.45) is 0 Å². The van der Waals surface area contributed by atoms with Crippen molar-refractivity contribution >= 4 is 11.6 Å².